The molecule has 0 aromatic heterocycles. The van der Waals surface area contributed by atoms with Gasteiger partial charge in [-0.1, -0.05) is 24.3 Å². The van der Waals surface area contributed by atoms with Gasteiger partial charge in [0.2, 0.25) is 0 Å². The maximum atomic E-state index is 14.0. The Hall–Kier alpha value is -1.46. The van der Waals surface area contributed by atoms with Crippen LogP contribution in [0.2, 0.25) is 0 Å². The molecule has 0 radical (unpaired) electrons. The highest BCUT2D eigenvalue weighted by molar-refractivity contribution is 8.13. The lowest BCUT2D eigenvalue weighted by molar-refractivity contribution is 0.577. The molecule has 0 unspecified atom stereocenters. The van der Waals surface area contributed by atoms with Gasteiger partial charge >= 0.3 is 0 Å². The number of hydrogen-bond acceptors (Lipinski definition) is 2. The highest BCUT2D eigenvalue weighted by atomic mass is 35.7. The molecule has 0 spiro atoms. The lowest BCUT2D eigenvalue weighted by atomic mass is 10.1. The molecule has 0 heterocycles. The minimum atomic E-state index is -4.17. The van der Waals surface area contributed by atoms with Crippen molar-refractivity contribution in [1.29, 1.82) is 0 Å². The van der Waals surface area contributed by atoms with Crippen LogP contribution in [0.25, 0.3) is 11.1 Å². The van der Waals surface area contributed by atoms with Crippen LogP contribution in [-0.2, 0) is 9.05 Å². The molecule has 0 saturated carbocycles. The van der Waals surface area contributed by atoms with Gasteiger partial charge in [0.25, 0.3) is 9.05 Å². The van der Waals surface area contributed by atoms with Crippen molar-refractivity contribution in [1.82, 2.24) is 0 Å². The van der Waals surface area contributed by atoms with E-state index in [1.165, 1.54) is 30.3 Å². The van der Waals surface area contributed by atoms with Crippen LogP contribution in [0.1, 0.15) is 0 Å². The largest absolute Gasteiger partial charge is 0.264 e. The van der Waals surface area contributed by atoms with Crippen LogP contribution in [0.5, 0.6) is 0 Å². The summed E-state index contributed by atoms with van der Waals surface area (Å²) in [5.41, 5.74) is 0.228. The lowest BCUT2D eigenvalue weighted by Crippen LogP contribution is -1.97. The van der Waals surface area contributed by atoms with E-state index in [1.54, 1.807) is 0 Å². The fourth-order valence-electron chi connectivity index (χ4n) is 1.58. The molecule has 2 nitrogen and oxygen atoms in total. The molecular formula is C12H7ClF2O2S. The van der Waals surface area contributed by atoms with Gasteiger partial charge in [-0.3, -0.25) is 0 Å². The quantitative estimate of drug-likeness (QED) is 0.792. The predicted octanol–water partition coefficient (Wildman–Crippen LogP) is 3.56. The van der Waals surface area contributed by atoms with Gasteiger partial charge in [0.15, 0.2) is 5.82 Å². The fourth-order valence-corrected chi connectivity index (χ4v) is 2.50. The van der Waals surface area contributed by atoms with Crippen LogP contribution in [0.15, 0.2) is 47.4 Å². The second kappa shape index (κ2) is 4.66. The second-order valence-electron chi connectivity index (χ2n) is 3.57. The van der Waals surface area contributed by atoms with Crippen molar-refractivity contribution < 1.29 is 17.2 Å². The average Bonchev–Trinajstić information content (AvgIpc) is 2.27. The minimum Gasteiger partial charge on any atom is -0.207 e. The van der Waals surface area contributed by atoms with Crippen molar-refractivity contribution in [3.05, 3.63) is 54.1 Å². The highest BCUT2D eigenvalue weighted by Gasteiger charge is 2.19. The van der Waals surface area contributed by atoms with Crippen LogP contribution < -0.4 is 0 Å². The van der Waals surface area contributed by atoms with E-state index >= 15 is 0 Å². The SMILES string of the molecule is O=S(=O)(Cl)c1cccc(-c2cccc(F)c2)c1F. The molecule has 2 aromatic carbocycles. The third-order valence-corrected chi connectivity index (χ3v) is 3.70. The Morgan fingerprint density at radius 3 is 2.28 bits per heavy atom. The van der Waals surface area contributed by atoms with Gasteiger partial charge in [-0.15, -0.1) is 0 Å². The zero-order valence-electron chi connectivity index (χ0n) is 8.90. The topological polar surface area (TPSA) is 34.1 Å². The van der Waals surface area contributed by atoms with Gasteiger partial charge in [0, 0.05) is 16.2 Å². The van der Waals surface area contributed by atoms with E-state index in [0.29, 0.717) is 0 Å². The summed E-state index contributed by atoms with van der Waals surface area (Å²) < 4.78 is 49.4. The molecule has 0 aliphatic carbocycles. The zero-order chi connectivity index (χ0) is 13.3. The number of hydrogen-bond donors (Lipinski definition) is 0. The van der Waals surface area contributed by atoms with Crippen molar-refractivity contribution in [2.75, 3.05) is 0 Å². The standard InChI is InChI=1S/C12H7ClF2O2S/c13-18(16,17)11-6-2-5-10(12(11)15)8-3-1-4-9(14)7-8/h1-7H. The zero-order valence-corrected chi connectivity index (χ0v) is 10.5. The smallest absolute Gasteiger partial charge is 0.207 e. The first-order valence-electron chi connectivity index (χ1n) is 4.89. The van der Waals surface area contributed by atoms with Gasteiger partial charge in [0.05, 0.1) is 0 Å². The third-order valence-electron chi connectivity index (χ3n) is 2.36. The molecule has 94 valence electrons. The molecule has 18 heavy (non-hydrogen) atoms. The molecule has 0 aliphatic heterocycles. The maximum Gasteiger partial charge on any atom is 0.264 e. The molecule has 0 bridgehead atoms. The van der Waals surface area contributed by atoms with Gasteiger partial charge in [-0.05, 0) is 23.8 Å². The summed E-state index contributed by atoms with van der Waals surface area (Å²) >= 11 is 0. The Bertz CT molecular complexity index is 699. The summed E-state index contributed by atoms with van der Waals surface area (Å²) in [4.78, 5) is -0.620. The van der Waals surface area contributed by atoms with Crippen LogP contribution in [0, 0.1) is 11.6 Å². The highest BCUT2D eigenvalue weighted by Crippen LogP contribution is 2.29. The maximum absolute atomic E-state index is 14.0. The predicted molar refractivity (Wildman–Crippen MR) is 64.8 cm³/mol. The minimum absolute atomic E-state index is 0.0174. The van der Waals surface area contributed by atoms with E-state index in [0.717, 1.165) is 12.1 Å². The molecule has 2 aromatic rings. The van der Waals surface area contributed by atoms with Crippen molar-refractivity contribution >= 4 is 19.7 Å². The van der Waals surface area contributed by atoms with Crippen LogP contribution in [0.3, 0.4) is 0 Å². The van der Waals surface area contributed by atoms with E-state index in [9.17, 15) is 17.2 Å². The summed E-state index contributed by atoms with van der Waals surface area (Å²) in [5, 5.41) is 0. The Kier molecular flexibility index (Phi) is 3.36. The number of halogens is 3. The van der Waals surface area contributed by atoms with Crippen LogP contribution >= 0.6 is 10.7 Å². The summed E-state index contributed by atoms with van der Waals surface area (Å²) in [7, 11) is 0.942. The number of rotatable bonds is 2. The molecular weight excluding hydrogens is 282 g/mol. The summed E-state index contributed by atoms with van der Waals surface area (Å²) in [6, 6.07) is 8.97. The Labute approximate surface area is 107 Å². The van der Waals surface area contributed by atoms with Gasteiger partial charge < -0.3 is 0 Å². The Balaban J connectivity index is 2.67. The molecule has 6 heteroatoms. The van der Waals surface area contributed by atoms with Crippen molar-refractivity contribution in [3.63, 3.8) is 0 Å². The molecule has 2 rings (SSSR count). The van der Waals surface area contributed by atoms with Crippen LogP contribution in [0.4, 0.5) is 8.78 Å². The van der Waals surface area contributed by atoms with E-state index in [-0.39, 0.29) is 11.1 Å². The van der Waals surface area contributed by atoms with E-state index in [4.69, 9.17) is 10.7 Å². The van der Waals surface area contributed by atoms with Crippen molar-refractivity contribution in [2.45, 2.75) is 4.90 Å². The molecule has 0 N–H and O–H groups in total. The number of benzene rings is 2. The van der Waals surface area contributed by atoms with E-state index < -0.39 is 25.6 Å². The van der Waals surface area contributed by atoms with Crippen molar-refractivity contribution in [3.8, 4) is 11.1 Å². The van der Waals surface area contributed by atoms with Crippen molar-refractivity contribution in [2.24, 2.45) is 0 Å². The molecule has 0 amide bonds. The fraction of sp³-hybridized carbons (Fsp3) is 0. The first-order valence-corrected chi connectivity index (χ1v) is 7.19. The monoisotopic (exact) mass is 288 g/mol. The first-order chi connectivity index (χ1) is 8.39. The molecule has 0 aliphatic rings. The van der Waals surface area contributed by atoms with Crippen LogP contribution in [-0.4, -0.2) is 8.42 Å². The lowest BCUT2D eigenvalue weighted by Gasteiger charge is -2.06. The third kappa shape index (κ3) is 2.52. The summed E-state index contributed by atoms with van der Waals surface area (Å²) in [6.45, 7) is 0. The Morgan fingerprint density at radius 1 is 1.00 bits per heavy atom. The molecule has 0 atom stereocenters. The molecule has 0 saturated heterocycles. The van der Waals surface area contributed by atoms with Gasteiger partial charge in [-0.2, -0.15) is 0 Å². The second-order valence-corrected chi connectivity index (χ2v) is 6.10. The first kappa shape index (κ1) is 13.0. The normalized spacial score (nSPS) is 11.5. The Morgan fingerprint density at radius 2 is 1.67 bits per heavy atom. The summed E-state index contributed by atoms with van der Waals surface area (Å²) in [5.74, 6) is -1.52. The molecule has 0 fully saturated rings. The van der Waals surface area contributed by atoms with Gasteiger partial charge in [-0.25, -0.2) is 17.2 Å². The van der Waals surface area contributed by atoms with Gasteiger partial charge in [0.1, 0.15) is 10.7 Å². The van der Waals surface area contributed by atoms with E-state index in [2.05, 4.69) is 0 Å². The van der Waals surface area contributed by atoms with E-state index in [1.807, 2.05) is 0 Å². The summed E-state index contributed by atoms with van der Waals surface area (Å²) in [6.07, 6.45) is 0. The average molecular weight is 289 g/mol.